The molecular weight excluding hydrogens is 393 g/mol. The molecule has 0 aliphatic carbocycles. The van der Waals surface area contributed by atoms with Crippen molar-refractivity contribution >= 4 is 39.9 Å². The first-order valence-electron chi connectivity index (χ1n) is 9.44. The first-order chi connectivity index (χ1) is 13.5. The van der Waals surface area contributed by atoms with Gasteiger partial charge in [-0.3, -0.25) is 9.69 Å². The minimum atomic E-state index is -0.698. The molecule has 1 atom stereocenters. The molecule has 5 heteroatoms. The second-order valence-electron chi connectivity index (χ2n) is 7.29. The average Bonchev–Trinajstić information content (AvgIpc) is 2.71. The normalized spacial score (nSPS) is 16.9. The highest BCUT2D eigenvalue weighted by molar-refractivity contribution is 6.42. The summed E-state index contributed by atoms with van der Waals surface area (Å²) < 4.78 is 0. The molecule has 1 aliphatic heterocycles. The maximum Gasteiger partial charge on any atom is 0.306 e. The van der Waals surface area contributed by atoms with Crippen LogP contribution >= 0.6 is 23.2 Å². The van der Waals surface area contributed by atoms with Crippen LogP contribution in [0.15, 0.2) is 60.7 Å². The van der Waals surface area contributed by atoms with Gasteiger partial charge in [0.05, 0.1) is 22.0 Å². The molecule has 1 N–H and O–H groups in total. The van der Waals surface area contributed by atoms with Crippen LogP contribution in [0.1, 0.15) is 30.0 Å². The van der Waals surface area contributed by atoms with Crippen molar-refractivity contribution < 1.29 is 9.90 Å². The van der Waals surface area contributed by atoms with Gasteiger partial charge in [-0.05, 0) is 60.0 Å². The zero-order chi connectivity index (χ0) is 19.7. The summed E-state index contributed by atoms with van der Waals surface area (Å²) in [6.07, 6.45) is 1.30. The van der Waals surface area contributed by atoms with Crippen LogP contribution in [0.25, 0.3) is 10.8 Å². The molecule has 1 fully saturated rings. The van der Waals surface area contributed by atoms with Gasteiger partial charge in [0.1, 0.15) is 0 Å². The molecule has 0 radical (unpaired) electrons. The minimum absolute atomic E-state index is 0.00406. The predicted molar refractivity (Wildman–Crippen MR) is 114 cm³/mol. The Kier molecular flexibility index (Phi) is 5.58. The van der Waals surface area contributed by atoms with E-state index >= 15 is 0 Å². The molecule has 3 aromatic rings. The summed E-state index contributed by atoms with van der Waals surface area (Å²) in [4.78, 5) is 13.7. The largest absolute Gasteiger partial charge is 0.481 e. The number of rotatable bonds is 4. The number of likely N-dealkylation sites (tertiary alicyclic amines) is 1. The van der Waals surface area contributed by atoms with E-state index in [1.807, 2.05) is 30.3 Å². The second kappa shape index (κ2) is 8.12. The van der Waals surface area contributed by atoms with E-state index in [9.17, 15) is 9.90 Å². The molecule has 0 saturated carbocycles. The Morgan fingerprint density at radius 1 is 0.964 bits per heavy atom. The van der Waals surface area contributed by atoms with Gasteiger partial charge in [-0.15, -0.1) is 0 Å². The molecule has 1 unspecified atom stereocenters. The highest BCUT2D eigenvalue weighted by Gasteiger charge is 2.31. The van der Waals surface area contributed by atoms with Crippen LogP contribution in [-0.4, -0.2) is 29.1 Å². The van der Waals surface area contributed by atoms with Crippen LogP contribution in [0.4, 0.5) is 0 Å². The molecule has 0 bridgehead atoms. The number of fused-ring (bicyclic) bond motifs is 1. The van der Waals surface area contributed by atoms with Crippen LogP contribution in [-0.2, 0) is 4.79 Å². The summed E-state index contributed by atoms with van der Waals surface area (Å²) in [7, 11) is 0. The van der Waals surface area contributed by atoms with Crippen molar-refractivity contribution in [1.82, 2.24) is 4.90 Å². The molecule has 144 valence electrons. The number of carbonyl (C=O) groups is 1. The predicted octanol–water partition coefficient (Wildman–Crippen LogP) is 6.03. The smallest absolute Gasteiger partial charge is 0.306 e. The van der Waals surface area contributed by atoms with E-state index in [2.05, 4.69) is 35.2 Å². The Morgan fingerprint density at radius 2 is 1.68 bits per heavy atom. The van der Waals surface area contributed by atoms with Crippen LogP contribution in [0.2, 0.25) is 10.0 Å². The number of nitrogens with zero attached hydrogens (tertiary/aromatic N) is 1. The number of piperidine rings is 1. The van der Waals surface area contributed by atoms with Crippen molar-refractivity contribution in [2.45, 2.75) is 18.9 Å². The third kappa shape index (κ3) is 3.75. The van der Waals surface area contributed by atoms with Crippen LogP contribution in [0.3, 0.4) is 0 Å². The summed E-state index contributed by atoms with van der Waals surface area (Å²) in [5.74, 6) is -0.964. The molecule has 0 amide bonds. The van der Waals surface area contributed by atoms with Crippen LogP contribution < -0.4 is 0 Å². The van der Waals surface area contributed by atoms with Crippen molar-refractivity contribution in [3.8, 4) is 0 Å². The third-order valence-corrected chi connectivity index (χ3v) is 6.36. The molecule has 0 aromatic heterocycles. The minimum Gasteiger partial charge on any atom is -0.481 e. The lowest BCUT2D eigenvalue weighted by molar-refractivity contribution is -0.143. The van der Waals surface area contributed by atoms with Gasteiger partial charge in [0.15, 0.2) is 0 Å². The Labute approximate surface area is 174 Å². The lowest BCUT2D eigenvalue weighted by Crippen LogP contribution is -2.39. The van der Waals surface area contributed by atoms with Gasteiger partial charge < -0.3 is 5.11 Å². The van der Waals surface area contributed by atoms with E-state index in [1.165, 1.54) is 16.3 Å². The zero-order valence-corrected chi connectivity index (χ0v) is 16.8. The number of benzene rings is 3. The number of hydrogen-bond donors (Lipinski definition) is 1. The summed E-state index contributed by atoms with van der Waals surface area (Å²) in [5.41, 5.74) is 2.27. The molecule has 3 aromatic carbocycles. The van der Waals surface area contributed by atoms with Gasteiger partial charge in [0, 0.05) is 0 Å². The van der Waals surface area contributed by atoms with E-state index < -0.39 is 5.97 Å². The van der Waals surface area contributed by atoms with Crippen LogP contribution in [0.5, 0.6) is 0 Å². The van der Waals surface area contributed by atoms with Crippen molar-refractivity contribution in [2.75, 3.05) is 13.1 Å². The van der Waals surface area contributed by atoms with Gasteiger partial charge in [0.2, 0.25) is 0 Å². The number of hydrogen-bond acceptors (Lipinski definition) is 2. The maximum absolute atomic E-state index is 11.4. The number of halogens is 2. The monoisotopic (exact) mass is 413 g/mol. The first kappa shape index (κ1) is 19.3. The summed E-state index contributed by atoms with van der Waals surface area (Å²) in [6.45, 7) is 1.45. The van der Waals surface area contributed by atoms with E-state index in [0.717, 1.165) is 18.7 Å². The van der Waals surface area contributed by atoms with E-state index in [0.29, 0.717) is 22.9 Å². The molecule has 0 spiro atoms. The standard InChI is InChI=1S/C23H21Cl2NO2/c24-20-9-8-17(14-21(20)25)22(26-12-10-16(11-13-26)23(27)28)19-7-3-5-15-4-1-2-6-18(15)19/h1-9,14,16,22H,10-13H2,(H,27,28). The molecule has 4 rings (SSSR count). The molecule has 28 heavy (non-hydrogen) atoms. The number of carboxylic acids is 1. The topological polar surface area (TPSA) is 40.5 Å². The Morgan fingerprint density at radius 3 is 2.39 bits per heavy atom. The van der Waals surface area contributed by atoms with E-state index in [1.54, 1.807) is 0 Å². The summed E-state index contributed by atoms with van der Waals surface area (Å²) >= 11 is 12.5. The Balaban J connectivity index is 1.80. The SMILES string of the molecule is O=C(O)C1CCN(C(c2ccc(Cl)c(Cl)c2)c2cccc3ccccc23)CC1. The van der Waals surface area contributed by atoms with Crippen molar-refractivity contribution in [3.63, 3.8) is 0 Å². The van der Waals surface area contributed by atoms with Gasteiger partial charge in [-0.25, -0.2) is 0 Å². The van der Waals surface area contributed by atoms with Gasteiger partial charge >= 0.3 is 5.97 Å². The molecule has 1 heterocycles. The first-order valence-corrected chi connectivity index (χ1v) is 10.2. The van der Waals surface area contributed by atoms with Crippen molar-refractivity contribution in [1.29, 1.82) is 0 Å². The molecule has 1 saturated heterocycles. The van der Waals surface area contributed by atoms with Crippen molar-refractivity contribution in [3.05, 3.63) is 81.8 Å². The van der Waals surface area contributed by atoms with Gasteiger partial charge in [-0.2, -0.15) is 0 Å². The van der Waals surface area contributed by atoms with Gasteiger partial charge in [-0.1, -0.05) is 71.7 Å². The zero-order valence-electron chi connectivity index (χ0n) is 15.3. The summed E-state index contributed by atoms with van der Waals surface area (Å²) in [6, 6.07) is 20.5. The van der Waals surface area contributed by atoms with Crippen LogP contribution in [0, 0.1) is 5.92 Å². The highest BCUT2D eigenvalue weighted by Crippen LogP contribution is 2.38. The number of aliphatic carboxylic acids is 1. The van der Waals surface area contributed by atoms with E-state index in [4.69, 9.17) is 23.2 Å². The second-order valence-corrected chi connectivity index (χ2v) is 8.11. The Bertz CT molecular complexity index is 1010. The maximum atomic E-state index is 11.4. The van der Waals surface area contributed by atoms with Crippen molar-refractivity contribution in [2.24, 2.45) is 5.92 Å². The molecule has 1 aliphatic rings. The number of carboxylic acid groups (broad SMARTS) is 1. The third-order valence-electron chi connectivity index (χ3n) is 5.62. The fourth-order valence-electron chi connectivity index (χ4n) is 4.16. The lowest BCUT2D eigenvalue weighted by atomic mass is 9.89. The van der Waals surface area contributed by atoms with Gasteiger partial charge in [0.25, 0.3) is 0 Å². The molecule has 3 nitrogen and oxygen atoms in total. The van der Waals surface area contributed by atoms with E-state index in [-0.39, 0.29) is 12.0 Å². The summed E-state index contributed by atoms with van der Waals surface area (Å²) in [5, 5.41) is 12.8. The Hall–Kier alpha value is -2.07. The lowest BCUT2D eigenvalue weighted by Gasteiger charge is -2.37. The quantitative estimate of drug-likeness (QED) is 0.567. The highest BCUT2D eigenvalue weighted by atomic mass is 35.5. The molecular formula is C23H21Cl2NO2. The average molecular weight is 414 g/mol. The fourth-order valence-corrected chi connectivity index (χ4v) is 4.47. The fraction of sp³-hybridized carbons (Fsp3) is 0.261.